The van der Waals surface area contributed by atoms with Gasteiger partial charge in [0.25, 0.3) is 0 Å². The highest BCUT2D eigenvalue weighted by atomic mass is 16.8. The van der Waals surface area contributed by atoms with Crippen molar-refractivity contribution in [1.29, 1.82) is 0 Å². The minimum atomic E-state index is -0.807. The molecule has 2 saturated carbocycles. The van der Waals surface area contributed by atoms with Crippen molar-refractivity contribution in [2.45, 2.75) is 51.3 Å². The van der Waals surface area contributed by atoms with Gasteiger partial charge in [0.2, 0.25) is 0 Å². The quantitative estimate of drug-likeness (QED) is 0.712. The lowest BCUT2D eigenvalue weighted by Gasteiger charge is -2.23. The van der Waals surface area contributed by atoms with Gasteiger partial charge in [-0.2, -0.15) is 0 Å². The van der Waals surface area contributed by atoms with Crippen LogP contribution in [0.2, 0.25) is 0 Å². The first-order valence-electron chi connectivity index (χ1n) is 6.13. The Morgan fingerprint density at radius 3 is 2.65 bits per heavy atom. The normalized spacial score (nSPS) is 49.6. The summed E-state index contributed by atoms with van der Waals surface area (Å²) in [6.45, 7) is 5.76. The molecule has 0 aromatic carbocycles. The highest BCUT2D eigenvalue weighted by Crippen LogP contribution is 2.67. The van der Waals surface area contributed by atoms with Crippen molar-refractivity contribution in [3.8, 4) is 0 Å². The molecule has 3 fully saturated rings. The second kappa shape index (κ2) is 3.22. The number of esters is 1. The van der Waals surface area contributed by atoms with E-state index in [9.17, 15) is 9.90 Å². The van der Waals surface area contributed by atoms with E-state index in [2.05, 4.69) is 0 Å². The van der Waals surface area contributed by atoms with Crippen LogP contribution in [0, 0.1) is 11.3 Å². The Morgan fingerprint density at radius 1 is 1.41 bits per heavy atom. The molecular formula is C12H18O5. The molecule has 1 N–H and O–H groups in total. The molecule has 0 aromatic heterocycles. The zero-order valence-corrected chi connectivity index (χ0v) is 10.3. The van der Waals surface area contributed by atoms with Crippen LogP contribution in [0.15, 0.2) is 0 Å². The first-order chi connectivity index (χ1) is 7.92. The first-order valence-corrected chi connectivity index (χ1v) is 6.13. The Labute approximate surface area is 100 Å². The maximum atomic E-state index is 11.9. The molecule has 0 amide bonds. The molecule has 17 heavy (non-hydrogen) atoms. The average molecular weight is 242 g/mol. The lowest BCUT2D eigenvalue weighted by molar-refractivity contribution is -0.179. The van der Waals surface area contributed by atoms with Gasteiger partial charge < -0.3 is 19.3 Å². The molecule has 1 heterocycles. The van der Waals surface area contributed by atoms with E-state index in [0.717, 1.165) is 0 Å². The summed E-state index contributed by atoms with van der Waals surface area (Å²) in [6.07, 6.45) is -0.732. The van der Waals surface area contributed by atoms with Gasteiger partial charge in [0.05, 0.1) is 18.8 Å². The second-order valence-electron chi connectivity index (χ2n) is 5.58. The molecule has 2 aliphatic carbocycles. The molecule has 0 aromatic rings. The Balaban J connectivity index is 1.82. The van der Waals surface area contributed by atoms with Gasteiger partial charge in [-0.1, -0.05) is 0 Å². The molecule has 5 atom stereocenters. The number of fused-ring (bicyclic) bond motifs is 3. The first kappa shape index (κ1) is 11.4. The van der Waals surface area contributed by atoms with Gasteiger partial charge in [-0.05, 0) is 27.2 Å². The number of carbonyl (C=O) groups excluding carboxylic acids is 1. The topological polar surface area (TPSA) is 65.0 Å². The lowest BCUT2D eigenvalue weighted by atomic mass is 9.99. The number of aliphatic hydroxyl groups is 1. The third-order valence-corrected chi connectivity index (χ3v) is 4.11. The largest absolute Gasteiger partial charge is 0.465 e. The van der Waals surface area contributed by atoms with Crippen molar-refractivity contribution in [1.82, 2.24) is 0 Å². The zero-order chi connectivity index (χ0) is 12.4. The molecule has 3 rings (SSSR count). The molecule has 0 spiro atoms. The van der Waals surface area contributed by atoms with Crippen LogP contribution in [0.4, 0.5) is 0 Å². The fraction of sp³-hybridized carbons (Fsp3) is 0.917. The van der Waals surface area contributed by atoms with E-state index in [4.69, 9.17) is 14.2 Å². The SMILES string of the molecule is CCOC(=O)C12C[C@@H]1[C@@H]1OC(C)(C)O[C@@H]1[C@@H]2O. The summed E-state index contributed by atoms with van der Waals surface area (Å²) in [4.78, 5) is 11.9. The lowest BCUT2D eigenvalue weighted by Crippen LogP contribution is -2.39. The summed E-state index contributed by atoms with van der Waals surface area (Å²) < 4.78 is 16.5. The molecule has 1 saturated heterocycles. The number of hydrogen-bond donors (Lipinski definition) is 1. The Hall–Kier alpha value is -0.650. The molecular weight excluding hydrogens is 224 g/mol. The summed E-state index contributed by atoms with van der Waals surface area (Å²) in [7, 11) is 0. The second-order valence-corrected chi connectivity index (χ2v) is 5.58. The predicted octanol–water partition coefficient (Wildman–Crippen LogP) is 0.450. The number of ether oxygens (including phenoxy) is 3. The van der Waals surface area contributed by atoms with E-state index < -0.39 is 23.4 Å². The van der Waals surface area contributed by atoms with Crippen LogP contribution < -0.4 is 0 Å². The van der Waals surface area contributed by atoms with E-state index >= 15 is 0 Å². The van der Waals surface area contributed by atoms with Crippen LogP contribution in [0.1, 0.15) is 27.2 Å². The maximum Gasteiger partial charge on any atom is 0.315 e. The standard InChI is InChI=1S/C12H18O5/c1-4-15-10(14)12-5-6(12)7-8(9(12)13)17-11(2,3)16-7/h6-9,13H,4-5H2,1-3H3/t6-,7+,8+,9+,12?/m1/s1. The van der Waals surface area contributed by atoms with E-state index in [0.29, 0.717) is 13.0 Å². The van der Waals surface area contributed by atoms with Crippen LogP contribution in [0.5, 0.6) is 0 Å². The van der Waals surface area contributed by atoms with Gasteiger partial charge in [0.15, 0.2) is 5.79 Å². The summed E-state index contributed by atoms with van der Waals surface area (Å²) in [5.74, 6) is -0.931. The maximum absolute atomic E-state index is 11.9. The zero-order valence-electron chi connectivity index (χ0n) is 10.3. The minimum absolute atomic E-state index is 0.0447. The molecule has 3 aliphatic rings. The highest BCUT2D eigenvalue weighted by Gasteiger charge is 2.79. The van der Waals surface area contributed by atoms with Crippen molar-refractivity contribution in [3.63, 3.8) is 0 Å². The summed E-state index contributed by atoms with van der Waals surface area (Å²) >= 11 is 0. The molecule has 96 valence electrons. The summed E-state index contributed by atoms with van der Waals surface area (Å²) in [6, 6.07) is 0. The van der Waals surface area contributed by atoms with Gasteiger partial charge in [-0.3, -0.25) is 4.79 Å². The van der Waals surface area contributed by atoms with E-state index in [1.807, 2.05) is 13.8 Å². The Kier molecular flexibility index (Phi) is 2.16. The molecule has 5 nitrogen and oxygen atoms in total. The van der Waals surface area contributed by atoms with Gasteiger partial charge in [0, 0.05) is 5.92 Å². The summed E-state index contributed by atoms with van der Waals surface area (Å²) in [5, 5.41) is 10.3. The van der Waals surface area contributed by atoms with E-state index in [1.54, 1.807) is 6.92 Å². The molecule has 1 aliphatic heterocycles. The van der Waals surface area contributed by atoms with Crippen LogP contribution in [0.3, 0.4) is 0 Å². The van der Waals surface area contributed by atoms with Crippen LogP contribution in [-0.4, -0.2) is 41.8 Å². The molecule has 5 heteroatoms. The molecule has 0 bridgehead atoms. The molecule has 1 unspecified atom stereocenters. The smallest absolute Gasteiger partial charge is 0.315 e. The van der Waals surface area contributed by atoms with E-state index in [1.165, 1.54) is 0 Å². The fourth-order valence-corrected chi connectivity index (χ4v) is 3.34. The summed E-state index contributed by atoms with van der Waals surface area (Å²) in [5.41, 5.74) is -0.762. The predicted molar refractivity (Wildman–Crippen MR) is 57.0 cm³/mol. The van der Waals surface area contributed by atoms with Crippen molar-refractivity contribution < 1.29 is 24.1 Å². The van der Waals surface area contributed by atoms with Crippen molar-refractivity contribution in [2.75, 3.05) is 6.61 Å². The van der Waals surface area contributed by atoms with Crippen molar-refractivity contribution in [3.05, 3.63) is 0 Å². The Bertz CT molecular complexity index is 358. The minimum Gasteiger partial charge on any atom is -0.465 e. The van der Waals surface area contributed by atoms with Gasteiger partial charge in [-0.25, -0.2) is 0 Å². The Morgan fingerprint density at radius 2 is 2.06 bits per heavy atom. The van der Waals surface area contributed by atoms with E-state index in [-0.39, 0.29) is 18.0 Å². The number of aliphatic hydroxyl groups excluding tert-OH is 1. The van der Waals surface area contributed by atoms with Crippen molar-refractivity contribution in [2.24, 2.45) is 11.3 Å². The number of rotatable bonds is 2. The van der Waals surface area contributed by atoms with Crippen LogP contribution in [-0.2, 0) is 19.0 Å². The van der Waals surface area contributed by atoms with Gasteiger partial charge in [-0.15, -0.1) is 0 Å². The third kappa shape index (κ3) is 1.33. The number of hydrogen-bond acceptors (Lipinski definition) is 5. The third-order valence-electron chi connectivity index (χ3n) is 4.11. The fourth-order valence-electron chi connectivity index (χ4n) is 3.34. The average Bonchev–Trinajstić information content (AvgIpc) is 2.85. The number of carbonyl (C=O) groups is 1. The van der Waals surface area contributed by atoms with Gasteiger partial charge >= 0.3 is 5.97 Å². The highest BCUT2D eigenvalue weighted by molar-refractivity contribution is 5.83. The van der Waals surface area contributed by atoms with Crippen LogP contribution in [0.25, 0.3) is 0 Å². The molecule has 0 radical (unpaired) electrons. The van der Waals surface area contributed by atoms with Crippen molar-refractivity contribution >= 4 is 5.97 Å². The monoisotopic (exact) mass is 242 g/mol. The van der Waals surface area contributed by atoms with Gasteiger partial charge in [0.1, 0.15) is 11.5 Å². The van der Waals surface area contributed by atoms with Crippen LogP contribution >= 0.6 is 0 Å².